The van der Waals surface area contributed by atoms with Crippen LogP contribution in [0, 0.1) is 11.3 Å². The maximum absolute atomic E-state index is 13.4. The largest absolute Gasteiger partial charge is 0.465 e. The van der Waals surface area contributed by atoms with Gasteiger partial charge in [-0.3, -0.25) is 14.5 Å². The number of amides is 3. The molecule has 1 aromatic carbocycles. The number of anilines is 2. The third-order valence-electron chi connectivity index (χ3n) is 8.37. The number of hydrogen-bond donors (Lipinski definition) is 2. The molecule has 0 aliphatic carbocycles. The number of hydrogen-bond acceptors (Lipinski definition) is 9. The predicted octanol–water partition coefficient (Wildman–Crippen LogP) is 3.90. The average Bonchev–Trinajstić information content (AvgIpc) is 3.29. The number of unbranched alkanes of at least 4 members (excludes halogenated alkanes) is 3. The smallest absolute Gasteiger partial charge is 0.417 e. The molecule has 0 saturated carbocycles. The van der Waals surface area contributed by atoms with Crippen LogP contribution >= 0.6 is 0 Å². The van der Waals surface area contributed by atoms with Crippen LogP contribution in [0.15, 0.2) is 47.8 Å². The fourth-order valence-corrected chi connectivity index (χ4v) is 5.69. The van der Waals surface area contributed by atoms with E-state index in [1.165, 1.54) is 24.0 Å². The Morgan fingerprint density at radius 3 is 2.23 bits per heavy atom. The molecule has 5 rings (SSSR count). The van der Waals surface area contributed by atoms with E-state index >= 15 is 0 Å². The Kier molecular flexibility index (Phi) is 12.3. The second-order valence-corrected chi connectivity index (χ2v) is 11.5. The second kappa shape index (κ2) is 16.3. The fourth-order valence-electron chi connectivity index (χ4n) is 5.69. The molecule has 3 amide bonds. The number of aromatic nitrogens is 2. The minimum Gasteiger partial charge on any atom is -0.465 e. The van der Waals surface area contributed by atoms with Gasteiger partial charge in [-0.05, 0) is 57.0 Å². The van der Waals surface area contributed by atoms with E-state index in [2.05, 4.69) is 25.1 Å². The lowest BCUT2D eigenvalue weighted by atomic mass is 10.0. The van der Waals surface area contributed by atoms with Crippen molar-refractivity contribution in [3.05, 3.63) is 58.9 Å². The van der Waals surface area contributed by atoms with Crippen molar-refractivity contribution in [3.63, 3.8) is 0 Å². The minimum atomic E-state index is -4.78. The molecule has 47 heavy (non-hydrogen) atoms. The van der Waals surface area contributed by atoms with Crippen LogP contribution in [0.4, 0.5) is 29.6 Å². The molecular formula is C32H39F3N8O4. The summed E-state index contributed by atoms with van der Waals surface area (Å²) in [6.07, 6.45) is 1.88. The van der Waals surface area contributed by atoms with Gasteiger partial charge >= 0.3 is 12.3 Å². The summed E-state index contributed by atoms with van der Waals surface area (Å²) < 4.78 is 40.1. The molecule has 252 valence electrons. The van der Waals surface area contributed by atoms with Crippen molar-refractivity contribution in [1.82, 2.24) is 25.1 Å². The molecule has 2 N–H and O–H groups in total. The Bertz CT molecular complexity index is 1480. The standard InChI is InChI=1S/C27H29F3N6O2.C5H10N2O2/c1-19-22(25(38)36(24(19)37)21-9-8-20(18-31)23(17-21)27(28,29)30)7-4-2-3-5-12-34-13-15-35(16-14-34)26-32-10-6-11-33-26;8-5(9)7-3-1-6-2-4-7/h6,8-11,17H,2-5,7,12-16H2,1H3;6H,1-4H2,(H,8,9). The van der Waals surface area contributed by atoms with Crippen molar-refractivity contribution < 1.29 is 32.7 Å². The van der Waals surface area contributed by atoms with E-state index in [0.717, 1.165) is 82.0 Å². The number of imide groups is 1. The zero-order chi connectivity index (χ0) is 34.0. The van der Waals surface area contributed by atoms with Crippen LogP contribution in [0.2, 0.25) is 0 Å². The Hall–Kier alpha value is -4.55. The molecule has 12 nitrogen and oxygen atoms in total. The van der Waals surface area contributed by atoms with Crippen LogP contribution in [-0.2, 0) is 15.8 Å². The molecule has 0 atom stereocenters. The number of carbonyl (C=O) groups excluding carboxylic acids is 2. The van der Waals surface area contributed by atoms with E-state index in [4.69, 9.17) is 10.4 Å². The number of benzene rings is 1. The normalized spacial score (nSPS) is 17.5. The molecule has 3 aliphatic heterocycles. The quantitative estimate of drug-likeness (QED) is 0.301. The number of halogens is 3. The van der Waals surface area contributed by atoms with Crippen LogP contribution in [0.1, 0.15) is 50.2 Å². The Balaban J connectivity index is 0.000000479. The predicted molar refractivity (Wildman–Crippen MR) is 168 cm³/mol. The van der Waals surface area contributed by atoms with E-state index < -0.39 is 35.2 Å². The number of nitriles is 1. The molecule has 2 saturated heterocycles. The average molecular weight is 657 g/mol. The zero-order valence-electron chi connectivity index (χ0n) is 26.3. The molecule has 0 radical (unpaired) electrons. The van der Waals surface area contributed by atoms with Gasteiger partial charge in [0.05, 0.1) is 22.9 Å². The Morgan fingerprint density at radius 1 is 0.979 bits per heavy atom. The molecule has 2 aromatic rings. The highest BCUT2D eigenvalue weighted by Crippen LogP contribution is 2.37. The van der Waals surface area contributed by atoms with Crippen molar-refractivity contribution in [1.29, 1.82) is 5.26 Å². The summed E-state index contributed by atoms with van der Waals surface area (Å²) in [5, 5.41) is 20.5. The molecule has 0 bridgehead atoms. The van der Waals surface area contributed by atoms with Crippen molar-refractivity contribution in [2.24, 2.45) is 0 Å². The summed E-state index contributed by atoms with van der Waals surface area (Å²) in [4.78, 5) is 51.4. The lowest BCUT2D eigenvalue weighted by molar-refractivity contribution is -0.138. The van der Waals surface area contributed by atoms with Crippen molar-refractivity contribution in [2.75, 3.05) is 68.7 Å². The lowest BCUT2D eigenvalue weighted by Crippen LogP contribution is -2.47. The second-order valence-electron chi connectivity index (χ2n) is 11.5. The third-order valence-corrected chi connectivity index (χ3v) is 8.37. The first-order valence-electron chi connectivity index (χ1n) is 15.6. The highest BCUT2D eigenvalue weighted by Gasteiger charge is 2.39. The number of nitrogens with zero attached hydrogens (tertiary/aromatic N) is 7. The molecule has 2 fully saturated rings. The number of carboxylic acid groups (broad SMARTS) is 1. The number of rotatable bonds is 9. The first-order chi connectivity index (χ1) is 22.5. The van der Waals surface area contributed by atoms with Gasteiger partial charge in [-0.15, -0.1) is 0 Å². The SMILES string of the molecule is CC1=C(CCCCCCN2CCN(c3ncccn3)CC2)C(=O)N(c2ccc(C#N)c(C(F)(F)F)c2)C1=O.O=C(O)N1CCNCC1. The summed E-state index contributed by atoms with van der Waals surface area (Å²) in [5.41, 5.74) is -1.31. The zero-order valence-corrected chi connectivity index (χ0v) is 26.3. The summed E-state index contributed by atoms with van der Waals surface area (Å²) in [7, 11) is 0. The van der Waals surface area contributed by atoms with Crippen LogP contribution in [-0.4, -0.2) is 102 Å². The van der Waals surface area contributed by atoms with E-state index in [-0.39, 0.29) is 11.3 Å². The maximum atomic E-state index is 13.4. The highest BCUT2D eigenvalue weighted by molar-refractivity contribution is 6.32. The summed E-state index contributed by atoms with van der Waals surface area (Å²) in [6.45, 7) is 8.98. The van der Waals surface area contributed by atoms with Crippen molar-refractivity contribution >= 4 is 29.5 Å². The van der Waals surface area contributed by atoms with E-state index in [0.29, 0.717) is 37.6 Å². The van der Waals surface area contributed by atoms with Crippen molar-refractivity contribution in [2.45, 2.75) is 45.2 Å². The van der Waals surface area contributed by atoms with Gasteiger partial charge < -0.3 is 20.2 Å². The Labute approximate surface area is 271 Å². The van der Waals surface area contributed by atoms with Crippen LogP contribution in [0.25, 0.3) is 0 Å². The number of alkyl halides is 3. The first kappa shape index (κ1) is 35.3. The first-order valence-corrected chi connectivity index (χ1v) is 15.6. The molecule has 15 heteroatoms. The minimum absolute atomic E-state index is 0.181. The number of carbonyl (C=O) groups is 3. The van der Waals surface area contributed by atoms with Gasteiger partial charge in [0, 0.05) is 75.9 Å². The fraction of sp³-hybridized carbons (Fsp3) is 0.500. The van der Waals surface area contributed by atoms with Gasteiger partial charge in [0.2, 0.25) is 5.95 Å². The summed E-state index contributed by atoms with van der Waals surface area (Å²) >= 11 is 0. The Morgan fingerprint density at radius 2 is 1.64 bits per heavy atom. The van der Waals surface area contributed by atoms with Gasteiger partial charge in [0.15, 0.2) is 0 Å². The topological polar surface area (TPSA) is 146 Å². The summed E-state index contributed by atoms with van der Waals surface area (Å²) in [5.74, 6) is -0.455. The monoisotopic (exact) mass is 656 g/mol. The van der Waals surface area contributed by atoms with Crippen LogP contribution < -0.4 is 15.1 Å². The van der Waals surface area contributed by atoms with E-state index in [1.54, 1.807) is 18.5 Å². The van der Waals surface area contributed by atoms with Crippen LogP contribution in [0.3, 0.4) is 0 Å². The van der Waals surface area contributed by atoms with Gasteiger partial charge in [0.1, 0.15) is 0 Å². The van der Waals surface area contributed by atoms with Gasteiger partial charge in [0.25, 0.3) is 11.8 Å². The molecule has 0 unspecified atom stereocenters. The maximum Gasteiger partial charge on any atom is 0.417 e. The van der Waals surface area contributed by atoms with Crippen molar-refractivity contribution in [3.8, 4) is 6.07 Å². The summed E-state index contributed by atoms with van der Waals surface area (Å²) in [6, 6.07) is 6.19. The highest BCUT2D eigenvalue weighted by atomic mass is 19.4. The van der Waals surface area contributed by atoms with Gasteiger partial charge in [-0.25, -0.2) is 19.7 Å². The molecular weight excluding hydrogens is 617 g/mol. The molecule has 0 spiro atoms. The molecule has 1 aromatic heterocycles. The number of piperazine rings is 2. The van der Waals surface area contributed by atoms with E-state index in [1.807, 2.05) is 0 Å². The third kappa shape index (κ3) is 9.26. The van der Waals surface area contributed by atoms with E-state index in [9.17, 15) is 27.6 Å². The number of nitrogens with one attached hydrogen (secondary N) is 1. The van der Waals surface area contributed by atoms with Crippen LogP contribution in [0.5, 0.6) is 0 Å². The van der Waals surface area contributed by atoms with Gasteiger partial charge in [-0.2, -0.15) is 18.4 Å². The molecule has 3 aliphatic rings. The molecule has 4 heterocycles. The van der Waals surface area contributed by atoms with Gasteiger partial charge in [-0.1, -0.05) is 12.8 Å². The lowest BCUT2D eigenvalue weighted by Gasteiger charge is -2.34.